The van der Waals surface area contributed by atoms with Crippen LogP contribution in [0.5, 0.6) is 11.5 Å². The molecule has 4 rings (SSSR count). The van der Waals surface area contributed by atoms with E-state index in [1.807, 2.05) is 54.6 Å². The molecular weight excluding hydrogens is 458 g/mol. The maximum atomic E-state index is 12.4. The molecule has 4 aromatic rings. The molecule has 0 saturated heterocycles. The maximum Gasteiger partial charge on any atom is 0.255 e. The van der Waals surface area contributed by atoms with Crippen molar-refractivity contribution >= 4 is 34.0 Å². The van der Waals surface area contributed by atoms with Crippen molar-refractivity contribution in [3.05, 3.63) is 78.6 Å². The Morgan fingerprint density at radius 1 is 0.944 bits per heavy atom. The van der Waals surface area contributed by atoms with E-state index in [0.29, 0.717) is 47.2 Å². The van der Waals surface area contributed by atoms with Gasteiger partial charge in [0, 0.05) is 34.9 Å². The van der Waals surface area contributed by atoms with Crippen molar-refractivity contribution in [1.29, 1.82) is 0 Å². The summed E-state index contributed by atoms with van der Waals surface area (Å²) in [5.74, 6) is 1.65. The molecule has 3 aromatic carbocycles. The van der Waals surface area contributed by atoms with E-state index in [0.717, 1.165) is 24.0 Å². The highest BCUT2D eigenvalue weighted by Crippen LogP contribution is 2.35. The van der Waals surface area contributed by atoms with Gasteiger partial charge in [0.1, 0.15) is 12.1 Å². The van der Waals surface area contributed by atoms with Gasteiger partial charge in [-0.15, -0.1) is 0 Å². The van der Waals surface area contributed by atoms with Gasteiger partial charge in [-0.1, -0.05) is 18.2 Å². The van der Waals surface area contributed by atoms with Crippen molar-refractivity contribution in [2.75, 3.05) is 44.0 Å². The summed E-state index contributed by atoms with van der Waals surface area (Å²) in [5.41, 5.74) is 2.82. The van der Waals surface area contributed by atoms with E-state index in [1.54, 1.807) is 19.2 Å². The van der Waals surface area contributed by atoms with E-state index < -0.39 is 0 Å². The van der Waals surface area contributed by atoms with Gasteiger partial charge in [0.05, 0.1) is 25.8 Å². The van der Waals surface area contributed by atoms with Gasteiger partial charge in [-0.25, -0.2) is 9.97 Å². The Kier molecular flexibility index (Phi) is 8.63. The first-order chi connectivity index (χ1) is 17.7. The zero-order chi connectivity index (χ0) is 25.2. The number of hydrogen-bond donors (Lipinski definition) is 4. The van der Waals surface area contributed by atoms with Crippen LogP contribution in [0, 0.1) is 0 Å². The van der Waals surface area contributed by atoms with Crippen molar-refractivity contribution in [2.24, 2.45) is 0 Å². The third-order valence-corrected chi connectivity index (χ3v) is 5.41. The third kappa shape index (κ3) is 6.47. The average molecular weight is 488 g/mol. The predicted octanol–water partition coefficient (Wildman–Crippen LogP) is 3.99. The van der Waals surface area contributed by atoms with Crippen molar-refractivity contribution in [3.63, 3.8) is 0 Å². The van der Waals surface area contributed by atoms with Gasteiger partial charge >= 0.3 is 0 Å². The standard InChI is InChI=1S/C27H29N5O4/c1-35-24-16-22-23(17-25(24)36-15-5-12-28-13-14-33)29-18-30-26(22)31-20-8-10-21(11-9-20)32-27(34)19-6-3-2-4-7-19/h2-4,6-11,16-18,28,33H,5,12-15H2,1H3,(H,32,34)(H,29,30,31). The number of rotatable bonds is 12. The summed E-state index contributed by atoms with van der Waals surface area (Å²) in [6.45, 7) is 1.94. The van der Waals surface area contributed by atoms with E-state index in [2.05, 4.69) is 25.9 Å². The highest BCUT2D eigenvalue weighted by atomic mass is 16.5. The topological polar surface area (TPSA) is 118 Å². The van der Waals surface area contributed by atoms with Crippen LogP contribution in [-0.4, -0.2) is 54.4 Å². The van der Waals surface area contributed by atoms with Gasteiger partial charge in [-0.05, 0) is 55.4 Å². The third-order valence-electron chi connectivity index (χ3n) is 5.41. The average Bonchev–Trinajstić information content (AvgIpc) is 2.92. The number of amides is 1. The minimum atomic E-state index is -0.162. The van der Waals surface area contributed by atoms with E-state index >= 15 is 0 Å². The number of nitrogens with zero attached hydrogens (tertiary/aromatic N) is 2. The normalized spacial score (nSPS) is 10.7. The first-order valence-electron chi connectivity index (χ1n) is 11.7. The molecule has 0 spiro atoms. The van der Waals surface area contributed by atoms with Crippen LogP contribution in [0.4, 0.5) is 17.2 Å². The summed E-state index contributed by atoms with van der Waals surface area (Å²) in [6.07, 6.45) is 2.29. The second-order valence-corrected chi connectivity index (χ2v) is 7.94. The molecular formula is C27H29N5O4. The van der Waals surface area contributed by atoms with Crippen LogP contribution in [0.25, 0.3) is 10.9 Å². The lowest BCUT2D eigenvalue weighted by atomic mass is 10.2. The summed E-state index contributed by atoms with van der Waals surface area (Å²) in [6, 6.07) is 20.2. The molecule has 0 aliphatic carbocycles. The molecule has 0 aliphatic rings. The highest BCUT2D eigenvalue weighted by Gasteiger charge is 2.12. The summed E-state index contributed by atoms with van der Waals surface area (Å²) in [7, 11) is 1.59. The number of fused-ring (bicyclic) bond motifs is 1. The molecule has 0 aliphatic heterocycles. The van der Waals surface area contributed by atoms with Crippen molar-refractivity contribution in [1.82, 2.24) is 15.3 Å². The summed E-state index contributed by atoms with van der Waals surface area (Å²) in [5, 5.41) is 18.9. The number of benzene rings is 3. The lowest BCUT2D eigenvalue weighted by molar-refractivity contribution is 0.102. The van der Waals surface area contributed by atoms with E-state index in [-0.39, 0.29) is 12.5 Å². The predicted molar refractivity (Wildman–Crippen MR) is 140 cm³/mol. The van der Waals surface area contributed by atoms with Crippen LogP contribution in [0.3, 0.4) is 0 Å². The van der Waals surface area contributed by atoms with Crippen molar-refractivity contribution < 1.29 is 19.4 Å². The van der Waals surface area contributed by atoms with Gasteiger partial charge in [0.25, 0.3) is 5.91 Å². The Hall–Kier alpha value is -4.21. The zero-order valence-electron chi connectivity index (χ0n) is 20.0. The quantitative estimate of drug-likeness (QED) is 0.222. The molecule has 0 atom stereocenters. The monoisotopic (exact) mass is 487 g/mol. The van der Waals surface area contributed by atoms with E-state index in [4.69, 9.17) is 14.6 Å². The van der Waals surface area contributed by atoms with Crippen LogP contribution < -0.4 is 25.4 Å². The molecule has 186 valence electrons. The van der Waals surface area contributed by atoms with Crippen LogP contribution in [-0.2, 0) is 0 Å². The number of carbonyl (C=O) groups is 1. The van der Waals surface area contributed by atoms with Gasteiger partial charge in [0.2, 0.25) is 0 Å². The number of ether oxygens (including phenoxy) is 2. The zero-order valence-corrected chi connectivity index (χ0v) is 20.0. The lowest BCUT2D eigenvalue weighted by Crippen LogP contribution is -2.20. The number of carbonyl (C=O) groups excluding carboxylic acids is 1. The second kappa shape index (κ2) is 12.5. The Balaban J connectivity index is 1.44. The SMILES string of the molecule is COc1cc2c(Nc3ccc(NC(=O)c4ccccc4)cc3)ncnc2cc1OCCCNCCO. The number of nitrogens with one attached hydrogen (secondary N) is 3. The number of anilines is 3. The first-order valence-corrected chi connectivity index (χ1v) is 11.7. The molecule has 0 radical (unpaired) electrons. The smallest absolute Gasteiger partial charge is 0.255 e. The second-order valence-electron chi connectivity index (χ2n) is 7.94. The van der Waals surface area contributed by atoms with Gasteiger partial charge in [-0.2, -0.15) is 0 Å². The number of methoxy groups -OCH3 is 1. The molecule has 0 saturated carbocycles. The molecule has 4 N–H and O–H groups in total. The molecule has 9 heteroatoms. The minimum absolute atomic E-state index is 0.115. The van der Waals surface area contributed by atoms with Crippen LogP contribution in [0.2, 0.25) is 0 Å². The van der Waals surface area contributed by atoms with Crippen molar-refractivity contribution in [2.45, 2.75) is 6.42 Å². The van der Waals surface area contributed by atoms with Gasteiger partial charge < -0.3 is 30.5 Å². The largest absolute Gasteiger partial charge is 0.493 e. The number of hydrogen-bond acceptors (Lipinski definition) is 8. The Morgan fingerprint density at radius 3 is 2.47 bits per heavy atom. The van der Waals surface area contributed by atoms with Crippen LogP contribution in [0.15, 0.2) is 73.1 Å². The fourth-order valence-corrected chi connectivity index (χ4v) is 3.59. The molecule has 0 unspecified atom stereocenters. The molecule has 0 bridgehead atoms. The number of aromatic nitrogens is 2. The molecule has 36 heavy (non-hydrogen) atoms. The first kappa shape index (κ1) is 24.9. The Labute approximate surface area is 209 Å². The van der Waals surface area contributed by atoms with E-state index in [9.17, 15) is 4.79 Å². The molecule has 1 amide bonds. The maximum absolute atomic E-state index is 12.4. The molecule has 0 fully saturated rings. The van der Waals surface area contributed by atoms with Gasteiger partial charge in [0.15, 0.2) is 11.5 Å². The Bertz CT molecular complexity index is 1280. The van der Waals surface area contributed by atoms with Crippen LogP contribution in [0.1, 0.15) is 16.8 Å². The lowest BCUT2D eigenvalue weighted by Gasteiger charge is -2.14. The summed E-state index contributed by atoms with van der Waals surface area (Å²) < 4.78 is 11.5. The number of aliphatic hydroxyl groups excluding tert-OH is 1. The molecule has 9 nitrogen and oxygen atoms in total. The fourth-order valence-electron chi connectivity index (χ4n) is 3.59. The summed E-state index contributed by atoms with van der Waals surface area (Å²) in [4.78, 5) is 21.2. The van der Waals surface area contributed by atoms with E-state index in [1.165, 1.54) is 6.33 Å². The fraction of sp³-hybridized carbons (Fsp3) is 0.222. The van der Waals surface area contributed by atoms with Crippen molar-refractivity contribution in [3.8, 4) is 11.5 Å². The Morgan fingerprint density at radius 2 is 1.72 bits per heavy atom. The summed E-state index contributed by atoms with van der Waals surface area (Å²) >= 11 is 0. The number of aliphatic hydroxyl groups is 1. The van der Waals surface area contributed by atoms with Gasteiger partial charge in [-0.3, -0.25) is 4.79 Å². The molecule has 1 aromatic heterocycles. The minimum Gasteiger partial charge on any atom is -0.493 e. The molecule has 1 heterocycles. The highest BCUT2D eigenvalue weighted by molar-refractivity contribution is 6.04. The van der Waals surface area contributed by atoms with Crippen LogP contribution >= 0.6 is 0 Å².